The van der Waals surface area contributed by atoms with E-state index in [1.165, 1.54) is 5.69 Å². The molecule has 0 amide bonds. The first-order valence-corrected chi connectivity index (χ1v) is 7.38. The van der Waals surface area contributed by atoms with Gasteiger partial charge in [0.1, 0.15) is 0 Å². The summed E-state index contributed by atoms with van der Waals surface area (Å²) in [6, 6.07) is 0.438. The van der Waals surface area contributed by atoms with Crippen molar-refractivity contribution >= 4 is 15.9 Å². The van der Waals surface area contributed by atoms with E-state index in [2.05, 4.69) is 33.3 Å². The molecule has 0 radical (unpaired) electrons. The van der Waals surface area contributed by atoms with Gasteiger partial charge in [-0.15, -0.1) is 0 Å². The highest BCUT2D eigenvalue weighted by Gasteiger charge is 2.16. The van der Waals surface area contributed by atoms with Gasteiger partial charge in [0.15, 0.2) is 0 Å². The average Bonchev–Trinajstić information content (AvgIpc) is 2.56. The fourth-order valence-electron chi connectivity index (χ4n) is 2.07. The fraction of sp³-hybridized carbons (Fsp3) is 0.769. The van der Waals surface area contributed by atoms with Crippen LogP contribution < -0.4 is 5.32 Å². The highest BCUT2D eigenvalue weighted by atomic mass is 79.9. The molecule has 0 aliphatic carbocycles. The Morgan fingerprint density at radius 3 is 2.67 bits per heavy atom. The van der Waals surface area contributed by atoms with Crippen LogP contribution in [0.15, 0.2) is 4.47 Å². The maximum atomic E-state index is 5.44. The van der Waals surface area contributed by atoms with Gasteiger partial charge in [-0.2, -0.15) is 5.10 Å². The molecule has 18 heavy (non-hydrogen) atoms. The number of likely N-dealkylation sites (N-methyl/N-ethyl adjacent to an activating group) is 1. The van der Waals surface area contributed by atoms with E-state index in [1.807, 2.05) is 25.6 Å². The number of aryl methyl sites for hydroxylation is 2. The molecule has 5 heteroatoms. The Balaban J connectivity index is 2.64. The Morgan fingerprint density at radius 1 is 1.44 bits per heavy atom. The maximum Gasteiger partial charge on any atom is 0.0738 e. The standard InChI is InChI=1S/C13H24BrN3O/c1-5-15-11(7-8-18-6-2)9-12-13(14)10(3)16-17(12)4/h11,15H,5-9H2,1-4H3. The molecular formula is C13H24BrN3O. The molecule has 0 saturated heterocycles. The first-order valence-electron chi connectivity index (χ1n) is 6.59. The van der Waals surface area contributed by atoms with Crippen LogP contribution in [-0.2, 0) is 18.2 Å². The Kier molecular flexibility index (Phi) is 6.89. The molecular weight excluding hydrogens is 294 g/mol. The quantitative estimate of drug-likeness (QED) is 0.748. The predicted molar refractivity (Wildman–Crippen MR) is 77.9 cm³/mol. The summed E-state index contributed by atoms with van der Waals surface area (Å²) in [4.78, 5) is 0. The Bertz CT molecular complexity index is 365. The van der Waals surface area contributed by atoms with Gasteiger partial charge in [0, 0.05) is 32.7 Å². The van der Waals surface area contributed by atoms with Gasteiger partial charge in [0.25, 0.3) is 0 Å². The lowest BCUT2D eigenvalue weighted by Crippen LogP contribution is -2.33. The normalized spacial score (nSPS) is 12.9. The van der Waals surface area contributed by atoms with Crippen LogP contribution in [0.5, 0.6) is 0 Å². The number of ether oxygens (including phenoxy) is 1. The zero-order chi connectivity index (χ0) is 13.5. The van der Waals surface area contributed by atoms with E-state index in [4.69, 9.17) is 4.74 Å². The first-order chi connectivity index (χ1) is 8.60. The van der Waals surface area contributed by atoms with E-state index >= 15 is 0 Å². The molecule has 1 heterocycles. The minimum Gasteiger partial charge on any atom is -0.382 e. The molecule has 1 atom stereocenters. The van der Waals surface area contributed by atoms with E-state index in [-0.39, 0.29) is 0 Å². The van der Waals surface area contributed by atoms with Crippen molar-refractivity contribution in [2.24, 2.45) is 7.05 Å². The smallest absolute Gasteiger partial charge is 0.0738 e. The molecule has 1 N–H and O–H groups in total. The zero-order valence-corrected chi connectivity index (χ0v) is 13.4. The third-order valence-electron chi connectivity index (χ3n) is 3.01. The van der Waals surface area contributed by atoms with Crippen LogP contribution in [0, 0.1) is 6.92 Å². The molecule has 0 saturated carbocycles. The van der Waals surface area contributed by atoms with Gasteiger partial charge < -0.3 is 10.1 Å². The summed E-state index contributed by atoms with van der Waals surface area (Å²) in [6.45, 7) is 8.76. The van der Waals surface area contributed by atoms with Gasteiger partial charge in [-0.05, 0) is 42.7 Å². The molecule has 1 aromatic rings. The Hall–Kier alpha value is -0.390. The molecule has 1 rings (SSSR count). The molecule has 0 spiro atoms. The molecule has 1 unspecified atom stereocenters. The summed E-state index contributed by atoms with van der Waals surface area (Å²) in [5, 5.41) is 7.94. The second kappa shape index (κ2) is 7.92. The molecule has 0 bridgehead atoms. The summed E-state index contributed by atoms with van der Waals surface area (Å²) < 4.78 is 8.53. The highest BCUT2D eigenvalue weighted by molar-refractivity contribution is 9.10. The number of aromatic nitrogens is 2. The average molecular weight is 318 g/mol. The topological polar surface area (TPSA) is 39.1 Å². The summed E-state index contributed by atoms with van der Waals surface area (Å²) in [6.07, 6.45) is 2.00. The summed E-state index contributed by atoms with van der Waals surface area (Å²) in [5.74, 6) is 0. The van der Waals surface area contributed by atoms with Gasteiger partial charge in [0.05, 0.1) is 15.9 Å². The van der Waals surface area contributed by atoms with Crippen molar-refractivity contribution in [1.29, 1.82) is 0 Å². The predicted octanol–water partition coefficient (Wildman–Crippen LogP) is 2.44. The summed E-state index contributed by atoms with van der Waals surface area (Å²) >= 11 is 3.62. The largest absolute Gasteiger partial charge is 0.382 e. The second-order valence-corrected chi connectivity index (χ2v) is 5.21. The third kappa shape index (κ3) is 4.37. The van der Waals surface area contributed by atoms with Crippen LogP contribution in [0.25, 0.3) is 0 Å². The summed E-state index contributed by atoms with van der Waals surface area (Å²) in [7, 11) is 2.00. The zero-order valence-electron chi connectivity index (χ0n) is 11.8. The van der Waals surface area contributed by atoms with E-state index in [1.54, 1.807) is 0 Å². The van der Waals surface area contributed by atoms with Crippen LogP contribution in [0.3, 0.4) is 0 Å². The van der Waals surface area contributed by atoms with Crippen molar-refractivity contribution in [1.82, 2.24) is 15.1 Å². The van der Waals surface area contributed by atoms with E-state index < -0.39 is 0 Å². The minimum absolute atomic E-state index is 0.438. The lowest BCUT2D eigenvalue weighted by Gasteiger charge is -2.18. The first kappa shape index (κ1) is 15.7. The number of nitrogens with zero attached hydrogens (tertiary/aromatic N) is 2. The van der Waals surface area contributed by atoms with Gasteiger partial charge in [-0.3, -0.25) is 4.68 Å². The molecule has 0 aromatic carbocycles. The van der Waals surface area contributed by atoms with Crippen LogP contribution in [0.1, 0.15) is 31.7 Å². The number of hydrogen-bond donors (Lipinski definition) is 1. The number of hydrogen-bond acceptors (Lipinski definition) is 3. The van der Waals surface area contributed by atoms with Crippen molar-refractivity contribution in [3.05, 3.63) is 15.9 Å². The van der Waals surface area contributed by atoms with Crippen molar-refractivity contribution in [3.63, 3.8) is 0 Å². The highest BCUT2D eigenvalue weighted by Crippen LogP contribution is 2.22. The van der Waals surface area contributed by atoms with Gasteiger partial charge in [-0.25, -0.2) is 0 Å². The van der Waals surface area contributed by atoms with Gasteiger partial charge in [0.2, 0.25) is 0 Å². The lowest BCUT2D eigenvalue weighted by molar-refractivity contribution is 0.136. The second-order valence-electron chi connectivity index (χ2n) is 4.41. The van der Waals surface area contributed by atoms with Crippen molar-refractivity contribution in [2.75, 3.05) is 19.8 Å². The van der Waals surface area contributed by atoms with Crippen LogP contribution in [0.2, 0.25) is 0 Å². The van der Waals surface area contributed by atoms with Crippen LogP contribution in [-0.4, -0.2) is 35.6 Å². The van der Waals surface area contributed by atoms with Gasteiger partial charge in [-0.1, -0.05) is 6.92 Å². The van der Waals surface area contributed by atoms with Gasteiger partial charge >= 0.3 is 0 Å². The van der Waals surface area contributed by atoms with E-state index in [9.17, 15) is 0 Å². The molecule has 1 aromatic heterocycles. The Labute approximate surface area is 118 Å². The molecule has 0 aliphatic rings. The molecule has 0 aliphatic heterocycles. The number of rotatable bonds is 8. The molecule has 104 valence electrons. The Morgan fingerprint density at radius 2 is 2.17 bits per heavy atom. The van der Waals surface area contributed by atoms with Crippen LogP contribution in [0.4, 0.5) is 0 Å². The minimum atomic E-state index is 0.438. The van der Waals surface area contributed by atoms with Crippen LogP contribution >= 0.6 is 15.9 Å². The maximum absolute atomic E-state index is 5.44. The van der Waals surface area contributed by atoms with E-state index in [0.29, 0.717) is 6.04 Å². The monoisotopic (exact) mass is 317 g/mol. The van der Waals surface area contributed by atoms with E-state index in [0.717, 1.165) is 42.8 Å². The summed E-state index contributed by atoms with van der Waals surface area (Å²) in [5.41, 5.74) is 2.29. The van der Waals surface area contributed by atoms with Crippen molar-refractivity contribution in [3.8, 4) is 0 Å². The molecule has 0 fully saturated rings. The lowest BCUT2D eigenvalue weighted by atomic mass is 10.1. The SMILES string of the molecule is CCNC(CCOCC)Cc1c(Br)c(C)nn1C. The number of halogens is 1. The molecule has 4 nitrogen and oxygen atoms in total. The number of nitrogens with one attached hydrogen (secondary N) is 1. The van der Waals surface area contributed by atoms with Crippen molar-refractivity contribution < 1.29 is 4.74 Å². The van der Waals surface area contributed by atoms with Crippen molar-refractivity contribution in [2.45, 2.75) is 39.7 Å². The fourth-order valence-corrected chi connectivity index (χ4v) is 2.57. The third-order valence-corrected chi connectivity index (χ3v) is 4.04.